The molecular formula is C18H17FN4O2. The summed E-state index contributed by atoms with van der Waals surface area (Å²) >= 11 is 0. The first-order valence-electron chi connectivity index (χ1n) is 7.72. The summed E-state index contributed by atoms with van der Waals surface area (Å²) in [4.78, 5) is 16.0. The Kier molecular flexibility index (Phi) is 4.85. The Hall–Kier alpha value is -3.06. The lowest BCUT2D eigenvalue weighted by Crippen LogP contribution is -2.28. The monoisotopic (exact) mass is 340 g/mol. The van der Waals surface area contributed by atoms with Crippen LogP contribution in [0.25, 0.3) is 5.69 Å². The summed E-state index contributed by atoms with van der Waals surface area (Å²) in [7, 11) is 0. The predicted molar refractivity (Wildman–Crippen MR) is 89.8 cm³/mol. The third-order valence-electron chi connectivity index (χ3n) is 3.88. The van der Waals surface area contributed by atoms with Crippen LogP contribution >= 0.6 is 0 Å². The second kappa shape index (κ2) is 7.23. The van der Waals surface area contributed by atoms with Crippen molar-refractivity contribution in [1.82, 2.24) is 20.1 Å². The van der Waals surface area contributed by atoms with Gasteiger partial charge in [-0.2, -0.15) is 5.10 Å². The Labute approximate surface area is 144 Å². The molecular weight excluding hydrogens is 323 g/mol. The van der Waals surface area contributed by atoms with Crippen molar-refractivity contribution in [1.29, 1.82) is 0 Å². The van der Waals surface area contributed by atoms with Gasteiger partial charge in [0.2, 0.25) is 0 Å². The normalized spacial score (nSPS) is 12.0. The van der Waals surface area contributed by atoms with Crippen LogP contribution < -0.4 is 5.32 Å². The molecule has 2 aromatic carbocycles. The lowest BCUT2D eigenvalue weighted by Gasteiger charge is -2.14. The van der Waals surface area contributed by atoms with E-state index in [9.17, 15) is 14.3 Å². The van der Waals surface area contributed by atoms with Gasteiger partial charge in [-0.3, -0.25) is 4.79 Å². The SMILES string of the molecule is Cc1ccccc1[C@@H](O)CNC(=O)c1ccc(-n2cncn2)c(F)c1. The van der Waals surface area contributed by atoms with Crippen LogP contribution in [0.15, 0.2) is 55.1 Å². The maximum Gasteiger partial charge on any atom is 0.251 e. The van der Waals surface area contributed by atoms with Gasteiger partial charge in [-0.25, -0.2) is 14.1 Å². The number of aliphatic hydroxyl groups excluding tert-OH is 1. The Morgan fingerprint density at radius 3 is 2.80 bits per heavy atom. The zero-order chi connectivity index (χ0) is 17.8. The molecule has 0 fully saturated rings. The number of aryl methyl sites for hydroxylation is 1. The van der Waals surface area contributed by atoms with E-state index in [1.165, 1.54) is 29.5 Å². The summed E-state index contributed by atoms with van der Waals surface area (Å²) in [6.07, 6.45) is 1.84. The van der Waals surface area contributed by atoms with Gasteiger partial charge in [-0.1, -0.05) is 24.3 Å². The van der Waals surface area contributed by atoms with Crippen molar-refractivity contribution in [3.05, 3.63) is 77.6 Å². The molecule has 0 spiro atoms. The number of aromatic nitrogens is 3. The van der Waals surface area contributed by atoms with Crippen LogP contribution in [0.3, 0.4) is 0 Å². The van der Waals surface area contributed by atoms with Crippen molar-refractivity contribution in [3.63, 3.8) is 0 Å². The molecule has 0 unspecified atom stereocenters. The number of hydrogen-bond donors (Lipinski definition) is 2. The van der Waals surface area contributed by atoms with E-state index in [4.69, 9.17) is 0 Å². The van der Waals surface area contributed by atoms with Gasteiger partial charge in [0.05, 0.1) is 6.10 Å². The molecule has 0 aliphatic heterocycles. The standard InChI is InChI=1S/C18H17FN4O2/c1-12-4-2-3-5-14(12)17(24)9-21-18(25)13-6-7-16(15(19)8-13)23-11-20-10-22-23/h2-8,10-11,17,24H,9H2,1H3,(H,21,25)/t17-/m0/s1. The highest BCUT2D eigenvalue weighted by molar-refractivity contribution is 5.94. The maximum atomic E-state index is 14.2. The van der Waals surface area contributed by atoms with Crippen molar-refractivity contribution < 1.29 is 14.3 Å². The summed E-state index contributed by atoms with van der Waals surface area (Å²) in [6.45, 7) is 1.93. The van der Waals surface area contributed by atoms with E-state index in [0.29, 0.717) is 0 Å². The molecule has 0 bridgehead atoms. The lowest BCUT2D eigenvalue weighted by atomic mass is 10.0. The van der Waals surface area contributed by atoms with Gasteiger partial charge in [-0.05, 0) is 36.2 Å². The molecule has 128 valence electrons. The highest BCUT2D eigenvalue weighted by atomic mass is 19.1. The highest BCUT2D eigenvalue weighted by Gasteiger charge is 2.14. The van der Waals surface area contributed by atoms with E-state index in [0.717, 1.165) is 17.2 Å². The second-order valence-electron chi connectivity index (χ2n) is 5.59. The van der Waals surface area contributed by atoms with Gasteiger partial charge in [0.15, 0.2) is 0 Å². The first kappa shape index (κ1) is 16.8. The average Bonchev–Trinajstić information content (AvgIpc) is 3.14. The van der Waals surface area contributed by atoms with Gasteiger partial charge < -0.3 is 10.4 Å². The maximum absolute atomic E-state index is 14.2. The molecule has 6 nitrogen and oxygen atoms in total. The molecule has 0 saturated carbocycles. The van der Waals surface area contributed by atoms with Crippen LogP contribution in [-0.4, -0.2) is 32.3 Å². The summed E-state index contributed by atoms with van der Waals surface area (Å²) in [5.41, 5.74) is 2.05. The highest BCUT2D eigenvalue weighted by Crippen LogP contribution is 2.17. The van der Waals surface area contributed by atoms with E-state index in [1.807, 2.05) is 25.1 Å². The largest absolute Gasteiger partial charge is 0.387 e. The number of nitrogens with zero attached hydrogens (tertiary/aromatic N) is 3. The van der Waals surface area contributed by atoms with Crippen LogP contribution in [0.2, 0.25) is 0 Å². The van der Waals surface area contributed by atoms with Crippen molar-refractivity contribution in [2.45, 2.75) is 13.0 Å². The number of nitrogens with one attached hydrogen (secondary N) is 1. The summed E-state index contributed by atoms with van der Waals surface area (Å²) < 4.78 is 15.4. The average molecular weight is 340 g/mol. The van der Waals surface area contributed by atoms with E-state index >= 15 is 0 Å². The molecule has 0 radical (unpaired) electrons. The second-order valence-corrected chi connectivity index (χ2v) is 5.59. The summed E-state index contributed by atoms with van der Waals surface area (Å²) in [5, 5.41) is 16.7. The molecule has 7 heteroatoms. The van der Waals surface area contributed by atoms with E-state index in [-0.39, 0.29) is 17.8 Å². The van der Waals surface area contributed by atoms with Gasteiger partial charge >= 0.3 is 0 Å². The first-order valence-corrected chi connectivity index (χ1v) is 7.72. The van der Waals surface area contributed by atoms with Crippen LogP contribution in [0.4, 0.5) is 4.39 Å². The number of carbonyl (C=O) groups is 1. The van der Waals surface area contributed by atoms with Crippen molar-refractivity contribution in [3.8, 4) is 5.69 Å². The molecule has 0 aliphatic rings. The van der Waals surface area contributed by atoms with E-state index in [1.54, 1.807) is 6.07 Å². The van der Waals surface area contributed by atoms with Gasteiger partial charge in [0, 0.05) is 12.1 Å². The molecule has 0 saturated heterocycles. The number of carbonyl (C=O) groups excluding carboxylic acids is 1. The quantitative estimate of drug-likeness (QED) is 0.746. The molecule has 3 aromatic rings. The number of hydrogen-bond acceptors (Lipinski definition) is 4. The van der Waals surface area contributed by atoms with Crippen molar-refractivity contribution in [2.24, 2.45) is 0 Å². The predicted octanol–water partition coefficient (Wildman–Crippen LogP) is 2.18. The summed E-state index contributed by atoms with van der Waals surface area (Å²) in [6, 6.07) is 11.5. The molecule has 25 heavy (non-hydrogen) atoms. The minimum absolute atomic E-state index is 0.0378. The molecule has 1 heterocycles. The Balaban J connectivity index is 1.67. The number of rotatable bonds is 5. The van der Waals surface area contributed by atoms with Crippen LogP contribution in [0.5, 0.6) is 0 Å². The molecule has 1 atom stereocenters. The van der Waals surface area contributed by atoms with Crippen LogP contribution in [0.1, 0.15) is 27.6 Å². The minimum Gasteiger partial charge on any atom is -0.387 e. The number of amides is 1. The third-order valence-corrected chi connectivity index (χ3v) is 3.88. The van der Waals surface area contributed by atoms with Gasteiger partial charge in [0.25, 0.3) is 5.91 Å². The molecule has 3 rings (SSSR count). The molecule has 1 amide bonds. The molecule has 1 aromatic heterocycles. The van der Waals surface area contributed by atoms with E-state index in [2.05, 4.69) is 15.4 Å². The van der Waals surface area contributed by atoms with Gasteiger partial charge in [-0.15, -0.1) is 0 Å². The molecule has 0 aliphatic carbocycles. The lowest BCUT2D eigenvalue weighted by molar-refractivity contribution is 0.0915. The zero-order valence-electron chi connectivity index (χ0n) is 13.6. The fourth-order valence-electron chi connectivity index (χ4n) is 2.53. The van der Waals surface area contributed by atoms with Gasteiger partial charge in [0.1, 0.15) is 24.2 Å². The number of halogens is 1. The van der Waals surface area contributed by atoms with Crippen molar-refractivity contribution in [2.75, 3.05) is 6.54 Å². The van der Waals surface area contributed by atoms with Crippen LogP contribution in [0, 0.1) is 12.7 Å². The molecule has 2 N–H and O–H groups in total. The third kappa shape index (κ3) is 3.72. The van der Waals surface area contributed by atoms with Crippen molar-refractivity contribution >= 4 is 5.91 Å². The van der Waals surface area contributed by atoms with E-state index < -0.39 is 17.8 Å². The Morgan fingerprint density at radius 1 is 1.32 bits per heavy atom. The summed E-state index contributed by atoms with van der Waals surface area (Å²) in [5.74, 6) is -1.05. The smallest absolute Gasteiger partial charge is 0.251 e. The minimum atomic E-state index is -0.829. The fourth-order valence-corrected chi connectivity index (χ4v) is 2.53. The number of benzene rings is 2. The fraction of sp³-hybridized carbons (Fsp3) is 0.167. The Bertz CT molecular complexity index is 881. The number of aliphatic hydroxyl groups is 1. The zero-order valence-corrected chi connectivity index (χ0v) is 13.6. The first-order chi connectivity index (χ1) is 12.1. The van der Waals surface area contributed by atoms with Crippen LogP contribution in [-0.2, 0) is 0 Å². The Morgan fingerprint density at radius 2 is 2.12 bits per heavy atom. The topological polar surface area (TPSA) is 80.0 Å².